The van der Waals surface area contributed by atoms with Crippen molar-refractivity contribution in [1.29, 1.82) is 0 Å². The predicted octanol–water partition coefficient (Wildman–Crippen LogP) is 6.20. The van der Waals surface area contributed by atoms with Crippen molar-refractivity contribution in [3.63, 3.8) is 0 Å². The van der Waals surface area contributed by atoms with Crippen molar-refractivity contribution in [2.45, 2.75) is 39.5 Å². The molecular formula is C27H36Br2O5. The fourth-order valence-corrected chi connectivity index (χ4v) is 5.57. The van der Waals surface area contributed by atoms with Gasteiger partial charge in [0.1, 0.15) is 30.5 Å². The van der Waals surface area contributed by atoms with Gasteiger partial charge < -0.3 is 18.9 Å². The first-order chi connectivity index (χ1) is 16.3. The zero-order valence-electron chi connectivity index (χ0n) is 21.0. The average Bonchev–Trinajstić information content (AvgIpc) is 2.78. The fourth-order valence-electron chi connectivity index (χ4n) is 4.18. The molecule has 0 N–H and O–H groups in total. The fraction of sp³-hybridized carbons (Fsp3) is 0.519. The molecular weight excluding hydrogens is 564 g/mol. The van der Waals surface area contributed by atoms with E-state index in [1.54, 1.807) is 14.2 Å². The third-order valence-corrected chi connectivity index (χ3v) is 7.13. The lowest BCUT2D eigenvalue weighted by Crippen LogP contribution is -2.23. The molecule has 0 aliphatic heterocycles. The number of ketones is 1. The first-order valence-electron chi connectivity index (χ1n) is 11.4. The third-order valence-electron chi connectivity index (χ3n) is 5.83. The summed E-state index contributed by atoms with van der Waals surface area (Å²) in [4.78, 5) is 13.8. The molecule has 5 nitrogen and oxygen atoms in total. The molecule has 188 valence electrons. The second-order valence-electron chi connectivity index (χ2n) is 8.47. The van der Waals surface area contributed by atoms with Gasteiger partial charge in [-0.05, 0) is 61.1 Å². The standard InChI is InChI=1S/C27H36Br2O5/c1-17-11-21(12-18(2)26(17)33-9-7-31-5)23(15-28)25(30)24(16-29)22-13-19(3)27(20(4)14-22)34-10-8-32-6/h11-14,23-24H,7-10,15-16H2,1-6H3. The van der Waals surface area contributed by atoms with Crippen LogP contribution in [0.4, 0.5) is 0 Å². The summed E-state index contributed by atoms with van der Waals surface area (Å²) in [5.74, 6) is 1.34. The normalized spacial score (nSPS) is 12.9. The molecule has 2 aromatic rings. The van der Waals surface area contributed by atoms with Gasteiger partial charge in [-0.2, -0.15) is 0 Å². The van der Waals surface area contributed by atoms with E-state index in [1.165, 1.54) is 0 Å². The van der Waals surface area contributed by atoms with Gasteiger partial charge in [0, 0.05) is 24.9 Å². The molecule has 0 fully saturated rings. The zero-order chi connectivity index (χ0) is 25.3. The van der Waals surface area contributed by atoms with Crippen LogP contribution in [-0.4, -0.2) is 57.1 Å². The quantitative estimate of drug-likeness (QED) is 0.191. The zero-order valence-corrected chi connectivity index (χ0v) is 24.2. The van der Waals surface area contributed by atoms with E-state index in [9.17, 15) is 4.79 Å². The van der Waals surface area contributed by atoms with E-state index in [0.29, 0.717) is 37.1 Å². The molecule has 0 aliphatic rings. The number of Topliss-reactive ketones (excluding diaryl/α,β-unsaturated/α-hetero) is 1. The van der Waals surface area contributed by atoms with E-state index in [-0.39, 0.29) is 17.6 Å². The summed E-state index contributed by atoms with van der Waals surface area (Å²) in [7, 11) is 3.31. The topological polar surface area (TPSA) is 54.0 Å². The number of methoxy groups -OCH3 is 2. The van der Waals surface area contributed by atoms with Gasteiger partial charge in [0.05, 0.1) is 25.0 Å². The Kier molecular flexibility index (Phi) is 12.1. The Balaban J connectivity index is 2.32. The monoisotopic (exact) mass is 598 g/mol. The van der Waals surface area contributed by atoms with Crippen LogP contribution in [-0.2, 0) is 14.3 Å². The maximum absolute atomic E-state index is 13.8. The van der Waals surface area contributed by atoms with Gasteiger partial charge in [-0.15, -0.1) is 0 Å². The summed E-state index contributed by atoms with van der Waals surface area (Å²) in [6.45, 7) is 10.1. The molecule has 0 aliphatic carbocycles. The summed E-state index contributed by atoms with van der Waals surface area (Å²) in [6.07, 6.45) is 0. The number of alkyl halides is 2. The molecule has 0 radical (unpaired) electrons. The van der Waals surface area contributed by atoms with Crippen LogP contribution in [0.3, 0.4) is 0 Å². The van der Waals surface area contributed by atoms with Crippen LogP contribution >= 0.6 is 31.9 Å². The van der Waals surface area contributed by atoms with Crippen molar-refractivity contribution in [3.05, 3.63) is 57.6 Å². The Morgan fingerprint density at radius 1 is 0.676 bits per heavy atom. The molecule has 0 heterocycles. The maximum atomic E-state index is 13.8. The predicted molar refractivity (Wildman–Crippen MR) is 145 cm³/mol. The smallest absolute Gasteiger partial charge is 0.149 e. The highest BCUT2D eigenvalue weighted by atomic mass is 79.9. The van der Waals surface area contributed by atoms with Crippen LogP contribution in [0, 0.1) is 27.7 Å². The molecule has 0 saturated carbocycles. The van der Waals surface area contributed by atoms with Crippen LogP contribution in [0.2, 0.25) is 0 Å². The Labute approximate surface area is 220 Å². The van der Waals surface area contributed by atoms with Crippen LogP contribution in [0.15, 0.2) is 24.3 Å². The maximum Gasteiger partial charge on any atom is 0.149 e. The van der Waals surface area contributed by atoms with E-state index in [1.807, 2.05) is 27.7 Å². The summed E-state index contributed by atoms with van der Waals surface area (Å²) in [5, 5.41) is 1.10. The Morgan fingerprint density at radius 2 is 1.00 bits per heavy atom. The van der Waals surface area contributed by atoms with Gasteiger partial charge in [0.25, 0.3) is 0 Å². The minimum atomic E-state index is -0.272. The van der Waals surface area contributed by atoms with Crippen molar-refractivity contribution in [2.75, 3.05) is 51.3 Å². The number of hydrogen-bond acceptors (Lipinski definition) is 5. The molecule has 0 amide bonds. The van der Waals surface area contributed by atoms with Crippen molar-refractivity contribution in [3.8, 4) is 11.5 Å². The minimum Gasteiger partial charge on any atom is -0.491 e. The lowest BCUT2D eigenvalue weighted by molar-refractivity contribution is -0.121. The highest BCUT2D eigenvalue weighted by Crippen LogP contribution is 2.35. The summed E-state index contributed by atoms with van der Waals surface area (Å²) >= 11 is 7.20. The van der Waals surface area contributed by atoms with Gasteiger partial charge in [0.2, 0.25) is 0 Å². The second-order valence-corrected chi connectivity index (χ2v) is 9.76. The van der Waals surface area contributed by atoms with Crippen LogP contribution < -0.4 is 9.47 Å². The molecule has 34 heavy (non-hydrogen) atoms. The van der Waals surface area contributed by atoms with Gasteiger partial charge in [0.15, 0.2) is 0 Å². The first kappa shape index (κ1) is 28.8. The minimum absolute atomic E-state index is 0.174. The highest BCUT2D eigenvalue weighted by molar-refractivity contribution is 9.09. The van der Waals surface area contributed by atoms with E-state index >= 15 is 0 Å². The average molecular weight is 600 g/mol. The number of hydrogen-bond donors (Lipinski definition) is 0. The van der Waals surface area contributed by atoms with Gasteiger partial charge in [-0.1, -0.05) is 56.1 Å². The van der Waals surface area contributed by atoms with Crippen molar-refractivity contribution >= 4 is 37.6 Å². The lowest BCUT2D eigenvalue weighted by Gasteiger charge is -2.23. The summed E-state index contributed by atoms with van der Waals surface area (Å²) in [6, 6.07) is 8.25. The number of halogens is 2. The molecule has 0 spiro atoms. The second kappa shape index (κ2) is 14.2. The molecule has 2 aromatic carbocycles. The number of carbonyl (C=O) groups is 1. The Hall–Kier alpha value is -1.41. The van der Waals surface area contributed by atoms with Crippen LogP contribution in [0.1, 0.15) is 45.2 Å². The number of aryl methyl sites for hydroxylation is 4. The molecule has 7 heteroatoms. The first-order valence-corrected chi connectivity index (χ1v) is 13.6. The van der Waals surface area contributed by atoms with Crippen LogP contribution in [0.5, 0.6) is 11.5 Å². The molecule has 0 saturated heterocycles. The molecule has 0 aromatic heterocycles. The Bertz CT molecular complexity index is 839. The van der Waals surface area contributed by atoms with E-state index < -0.39 is 0 Å². The molecule has 2 unspecified atom stereocenters. The van der Waals surface area contributed by atoms with Gasteiger partial charge in [-0.3, -0.25) is 4.79 Å². The number of rotatable bonds is 14. The molecule has 2 atom stereocenters. The van der Waals surface area contributed by atoms with Gasteiger partial charge >= 0.3 is 0 Å². The number of carbonyl (C=O) groups excluding carboxylic acids is 1. The van der Waals surface area contributed by atoms with Crippen molar-refractivity contribution in [2.24, 2.45) is 0 Å². The lowest BCUT2D eigenvalue weighted by atomic mass is 9.83. The Morgan fingerprint density at radius 3 is 1.26 bits per heavy atom. The third kappa shape index (κ3) is 7.30. The molecule has 2 rings (SSSR count). The molecule has 0 bridgehead atoms. The SMILES string of the molecule is COCCOc1c(C)cc(C(CBr)C(=O)C(CBr)c2cc(C)c(OCCOC)c(C)c2)cc1C. The highest BCUT2D eigenvalue weighted by Gasteiger charge is 2.29. The van der Waals surface area contributed by atoms with E-state index in [4.69, 9.17) is 18.9 Å². The number of benzene rings is 2. The largest absolute Gasteiger partial charge is 0.491 e. The van der Waals surface area contributed by atoms with E-state index in [2.05, 4.69) is 56.1 Å². The summed E-state index contributed by atoms with van der Waals surface area (Å²) in [5.41, 5.74) is 6.06. The van der Waals surface area contributed by atoms with E-state index in [0.717, 1.165) is 44.9 Å². The summed E-state index contributed by atoms with van der Waals surface area (Å²) < 4.78 is 22.0. The van der Waals surface area contributed by atoms with Crippen molar-refractivity contribution < 1.29 is 23.7 Å². The number of ether oxygens (including phenoxy) is 4. The van der Waals surface area contributed by atoms with Gasteiger partial charge in [-0.25, -0.2) is 0 Å². The van der Waals surface area contributed by atoms with Crippen LogP contribution in [0.25, 0.3) is 0 Å². The van der Waals surface area contributed by atoms with Crippen molar-refractivity contribution in [1.82, 2.24) is 0 Å².